The van der Waals surface area contributed by atoms with Crippen LogP contribution in [0.15, 0.2) is 5.16 Å². The van der Waals surface area contributed by atoms with Gasteiger partial charge in [0.1, 0.15) is 5.82 Å². The Bertz CT molecular complexity index is 315. The molecule has 5 heteroatoms. The van der Waals surface area contributed by atoms with Crippen molar-refractivity contribution in [3.63, 3.8) is 0 Å². The first kappa shape index (κ1) is 11.1. The maximum atomic E-state index is 5.12. The van der Waals surface area contributed by atoms with Gasteiger partial charge >= 0.3 is 0 Å². The lowest BCUT2D eigenvalue weighted by Crippen LogP contribution is -2.22. The molecule has 0 aliphatic carbocycles. The maximum Gasteiger partial charge on any atom is 0.208 e. The second kappa shape index (κ2) is 5.68. The van der Waals surface area contributed by atoms with Gasteiger partial charge in [0.25, 0.3) is 0 Å². The Balaban J connectivity index is 2.27. The van der Waals surface area contributed by atoms with Crippen molar-refractivity contribution in [2.45, 2.75) is 24.3 Å². The second-order valence-electron chi connectivity index (χ2n) is 2.97. The monoisotopic (exact) mass is 210 g/mol. The molecule has 0 aliphatic rings. The van der Waals surface area contributed by atoms with Crippen LogP contribution in [0.25, 0.3) is 0 Å². The largest absolute Gasteiger partial charge is 0.305 e. The molecule has 0 saturated carbocycles. The van der Waals surface area contributed by atoms with E-state index in [-0.39, 0.29) is 0 Å². The molecule has 0 fully saturated rings. The second-order valence-corrected chi connectivity index (χ2v) is 4.37. The van der Waals surface area contributed by atoms with Crippen molar-refractivity contribution in [1.82, 2.24) is 20.5 Å². The lowest BCUT2D eigenvalue weighted by atomic mass is 10.4. The van der Waals surface area contributed by atoms with Gasteiger partial charge in [0.05, 0.1) is 6.54 Å². The number of H-pyrrole nitrogens is 1. The lowest BCUT2D eigenvalue weighted by Gasteiger charge is -2.07. The predicted molar refractivity (Wildman–Crippen MR) is 58.1 cm³/mol. The molecule has 4 nitrogen and oxygen atoms in total. The average molecular weight is 210 g/mol. The zero-order valence-corrected chi connectivity index (χ0v) is 9.19. The predicted octanol–water partition coefficient (Wildman–Crippen LogP) is 0.817. The third-order valence-corrected chi connectivity index (χ3v) is 2.50. The Kier molecular flexibility index (Phi) is 4.50. The molecule has 1 aromatic rings. The van der Waals surface area contributed by atoms with Crippen LogP contribution < -0.4 is 5.32 Å². The van der Waals surface area contributed by atoms with Crippen LogP contribution >= 0.6 is 11.8 Å². The van der Waals surface area contributed by atoms with Gasteiger partial charge in [-0.15, -0.1) is 11.5 Å². The van der Waals surface area contributed by atoms with E-state index in [0.29, 0.717) is 11.8 Å². The molecular formula is C9H14N4S. The summed E-state index contributed by atoms with van der Waals surface area (Å²) in [6, 6.07) is 0. The van der Waals surface area contributed by atoms with Crippen LogP contribution in [0.4, 0.5) is 0 Å². The van der Waals surface area contributed by atoms with Crippen LogP contribution in [0, 0.1) is 19.3 Å². The van der Waals surface area contributed by atoms with E-state index in [2.05, 4.69) is 33.3 Å². The van der Waals surface area contributed by atoms with Crippen LogP contribution in [-0.4, -0.2) is 33.5 Å². The van der Waals surface area contributed by atoms with Crippen molar-refractivity contribution < 1.29 is 0 Å². The summed E-state index contributed by atoms with van der Waals surface area (Å²) >= 11 is 1.63. The van der Waals surface area contributed by atoms with Crippen molar-refractivity contribution in [1.29, 1.82) is 0 Å². The van der Waals surface area contributed by atoms with Gasteiger partial charge in [-0.2, -0.15) is 0 Å². The zero-order valence-electron chi connectivity index (χ0n) is 8.37. The summed E-state index contributed by atoms with van der Waals surface area (Å²) < 4.78 is 0. The molecule has 0 amide bonds. The van der Waals surface area contributed by atoms with E-state index < -0.39 is 0 Å². The number of nitrogens with one attached hydrogen (secondary N) is 2. The molecule has 0 spiro atoms. The fourth-order valence-electron chi connectivity index (χ4n) is 0.944. The lowest BCUT2D eigenvalue weighted by molar-refractivity contribution is 0.746. The Hall–Kier alpha value is -0.990. The molecule has 0 aliphatic heterocycles. The topological polar surface area (TPSA) is 53.6 Å². The van der Waals surface area contributed by atoms with Crippen LogP contribution in [0.3, 0.4) is 0 Å². The molecule has 1 heterocycles. The van der Waals surface area contributed by atoms with Crippen molar-refractivity contribution in [2.75, 3.05) is 13.1 Å². The van der Waals surface area contributed by atoms with Gasteiger partial charge in [-0.3, -0.25) is 5.10 Å². The van der Waals surface area contributed by atoms with Crippen molar-refractivity contribution in [2.24, 2.45) is 0 Å². The first-order chi connectivity index (χ1) is 6.72. The van der Waals surface area contributed by atoms with Gasteiger partial charge in [0.2, 0.25) is 5.16 Å². The highest BCUT2D eigenvalue weighted by molar-refractivity contribution is 7.99. The van der Waals surface area contributed by atoms with E-state index in [4.69, 9.17) is 6.42 Å². The third-order valence-electron chi connectivity index (χ3n) is 1.54. The van der Waals surface area contributed by atoms with Crippen molar-refractivity contribution >= 4 is 11.8 Å². The SMILES string of the molecule is C#CCNCC(C)Sc1n[nH]c(C)n1. The normalized spacial score (nSPS) is 12.4. The zero-order chi connectivity index (χ0) is 10.4. The number of aromatic amines is 1. The van der Waals surface area contributed by atoms with Gasteiger partial charge in [0, 0.05) is 11.8 Å². The summed E-state index contributed by atoms with van der Waals surface area (Å²) in [4.78, 5) is 4.21. The fraction of sp³-hybridized carbons (Fsp3) is 0.556. The third kappa shape index (κ3) is 3.81. The summed E-state index contributed by atoms with van der Waals surface area (Å²) in [6.45, 7) is 5.47. The minimum atomic E-state index is 0.415. The first-order valence-corrected chi connectivity index (χ1v) is 5.30. The summed E-state index contributed by atoms with van der Waals surface area (Å²) in [5.41, 5.74) is 0. The quantitative estimate of drug-likeness (QED) is 0.429. The first-order valence-electron chi connectivity index (χ1n) is 4.42. The summed E-state index contributed by atoms with van der Waals surface area (Å²) in [5, 5.41) is 11.2. The molecule has 0 aromatic carbocycles. The molecule has 0 bridgehead atoms. The van der Waals surface area contributed by atoms with E-state index in [9.17, 15) is 0 Å². The number of hydrogen-bond donors (Lipinski definition) is 2. The number of hydrogen-bond acceptors (Lipinski definition) is 4. The minimum Gasteiger partial charge on any atom is -0.305 e. The van der Waals surface area contributed by atoms with E-state index in [1.165, 1.54) is 0 Å². The van der Waals surface area contributed by atoms with Gasteiger partial charge in [-0.1, -0.05) is 24.6 Å². The van der Waals surface area contributed by atoms with Crippen molar-refractivity contribution in [3.8, 4) is 12.3 Å². The van der Waals surface area contributed by atoms with Gasteiger partial charge in [0.15, 0.2) is 0 Å². The molecule has 1 unspecified atom stereocenters. The minimum absolute atomic E-state index is 0.415. The van der Waals surface area contributed by atoms with Crippen LogP contribution in [0.5, 0.6) is 0 Å². The number of nitrogens with zero attached hydrogens (tertiary/aromatic N) is 2. The van der Waals surface area contributed by atoms with Gasteiger partial charge in [-0.25, -0.2) is 4.98 Å². The summed E-state index contributed by atoms with van der Waals surface area (Å²) in [5.74, 6) is 3.38. The number of thioether (sulfide) groups is 1. The molecule has 0 radical (unpaired) electrons. The van der Waals surface area contributed by atoms with E-state index in [0.717, 1.165) is 17.5 Å². The molecule has 2 N–H and O–H groups in total. The fourth-order valence-corrected chi connectivity index (χ4v) is 1.79. The standard InChI is InChI=1S/C9H14N4S/c1-4-5-10-6-7(2)14-9-11-8(3)12-13-9/h1,7,10H,5-6H2,2-3H3,(H,11,12,13). The van der Waals surface area contributed by atoms with Crippen LogP contribution in [-0.2, 0) is 0 Å². The Labute approximate surface area is 88.3 Å². The Morgan fingerprint density at radius 2 is 2.50 bits per heavy atom. The highest BCUT2D eigenvalue weighted by atomic mass is 32.2. The molecule has 1 rings (SSSR count). The van der Waals surface area contributed by atoms with Crippen molar-refractivity contribution in [3.05, 3.63) is 5.82 Å². The molecule has 1 atom stereocenters. The molecule has 14 heavy (non-hydrogen) atoms. The maximum absolute atomic E-state index is 5.12. The molecule has 1 aromatic heterocycles. The smallest absolute Gasteiger partial charge is 0.208 e. The summed E-state index contributed by atoms with van der Waals surface area (Å²) in [6.07, 6.45) is 5.12. The number of aromatic nitrogens is 3. The molecule has 0 saturated heterocycles. The average Bonchev–Trinajstić information content (AvgIpc) is 2.52. The molecular weight excluding hydrogens is 196 g/mol. The van der Waals surface area contributed by atoms with Crippen LogP contribution in [0.2, 0.25) is 0 Å². The Morgan fingerprint density at radius 3 is 3.07 bits per heavy atom. The molecule has 76 valence electrons. The highest BCUT2D eigenvalue weighted by Gasteiger charge is 2.07. The number of rotatable bonds is 5. The van der Waals surface area contributed by atoms with Gasteiger partial charge in [-0.05, 0) is 6.92 Å². The van der Waals surface area contributed by atoms with Crippen LogP contribution in [0.1, 0.15) is 12.7 Å². The van der Waals surface area contributed by atoms with E-state index >= 15 is 0 Å². The highest BCUT2D eigenvalue weighted by Crippen LogP contribution is 2.17. The number of aryl methyl sites for hydroxylation is 1. The van der Waals surface area contributed by atoms with E-state index in [1.807, 2.05) is 6.92 Å². The van der Waals surface area contributed by atoms with E-state index in [1.54, 1.807) is 11.8 Å². The Morgan fingerprint density at radius 1 is 1.71 bits per heavy atom. The summed E-state index contributed by atoms with van der Waals surface area (Å²) in [7, 11) is 0. The number of terminal acetylenes is 1. The van der Waals surface area contributed by atoms with Gasteiger partial charge < -0.3 is 5.32 Å².